The second-order valence-corrected chi connectivity index (χ2v) is 5.25. The Morgan fingerprint density at radius 2 is 2.17 bits per heavy atom. The van der Waals surface area contributed by atoms with Crippen LogP contribution in [0.5, 0.6) is 0 Å². The smallest absolute Gasteiger partial charge is 0.228 e. The van der Waals surface area contributed by atoms with E-state index in [0.29, 0.717) is 11.5 Å². The predicted molar refractivity (Wildman–Crippen MR) is 94.8 cm³/mol. The van der Waals surface area contributed by atoms with Gasteiger partial charge in [0.2, 0.25) is 5.91 Å². The fourth-order valence-corrected chi connectivity index (χ4v) is 2.60. The third-order valence-corrected chi connectivity index (χ3v) is 3.77. The second kappa shape index (κ2) is 8.86. The molecule has 2 aromatic heterocycles. The van der Waals surface area contributed by atoms with Crippen molar-refractivity contribution in [3.8, 4) is 5.82 Å². The van der Waals surface area contributed by atoms with Crippen molar-refractivity contribution in [2.45, 2.75) is 19.8 Å². The zero-order chi connectivity index (χ0) is 14.7. The fourth-order valence-electron chi connectivity index (χ4n) is 2.60. The Kier molecular flexibility index (Phi) is 7.48. The van der Waals surface area contributed by atoms with Crippen molar-refractivity contribution in [1.29, 1.82) is 0 Å². The van der Waals surface area contributed by atoms with Crippen LogP contribution in [0.15, 0.2) is 30.7 Å². The number of imidazole rings is 1. The largest absolute Gasteiger partial charge is 0.323 e. The van der Waals surface area contributed by atoms with Gasteiger partial charge in [-0.3, -0.25) is 9.36 Å². The summed E-state index contributed by atoms with van der Waals surface area (Å²) in [5.74, 6) is 1.61. The number of anilines is 1. The van der Waals surface area contributed by atoms with E-state index in [1.165, 1.54) is 0 Å². The Labute approximate surface area is 147 Å². The molecule has 1 fully saturated rings. The number of aromatic nitrogens is 3. The molecule has 3 heterocycles. The highest BCUT2D eigenvalue weighted by molar-refractivity contribution is 5.94. The number of amides is 1. The van der Waals surface area contributed by atoms with Crippen molar-refractivity contribution < 1.29 is 4.79 Å². The van der Waals surface area contributed by atoms with Crippen LogP contribution in [0.25, 0.3) is 5.82 Å². The summed E-state index contributed by atoms with van der Waals surface area (Å²) in [5, 5.41) is 6.27. The van der Waals surface area contributed by atoms with E-state index in [2.05, 4.69) is 20.6 Å². The molecule has 0 bridgehead atoms. The summed E-state index contributed by atoms with van der Waals surface area (Å²) < 4.78 is 1.87. The molecule has 23 heavy (non-hydrogen) atoms. The molecule has 1 aliphatic rings. The van der Waals surface area contributed by atoms with Crippen molar-refractivity contribution in [3.05, 3.63) is 36.5 Å². The molecule has 1 amide bonds. The van der Waals surface area contributed by atoms with Crippen LogP contribution in [0.3, 0.4) is 0 Å². The number of aryl methyl sites for hydroxylation is 1. The summed E-state index contributed by atoms with van der Waals surface area (Å²) in [4.78, 5) is 20.9. The normalized spacial score (nSPS) is 16.8. The highest BCUT2D eigenvalue weighted by Gasteiger charge is 2.22. The van der Waals surface area contributed by atoms with Crippen molar-refractivity contribution in [1.82, 2.24) is 19.9 Å². The van der Waals surface area contributed by atoms with Crippen LogP contribution in [0, 0.1) is 12.8 Å². The summed E-state index contributed by atoms with van der Waals surface area (Å²) in [5.41, 5.74) is 0.717. The zero-order valence-corrected chi connectivity index (χ0v) is 14.5. The van der Waals surface area contributed by atoms with Gasteiger partial charge in [-0.25, -0.2) is 9.97 Å². The van der Waals surface area contributed by atoms with Crippen LogP contribution >= 0.6 is 24.8 Å². The van der Waals surface area contributed by atoms with E-state index in [4.69, 9.17) is 0 Å². The van der Waals surface area contributed by atoms with Crippen LogP contribution in [-0.2, 0) is 4.79 Å². The number of hydrogen-bond donors (Lipinski definition) is 2. The molecule has 1 saturated heterocycles. The third kappa shape index (κ3) is 4.43. The minimum Gasteiger partial charge on any atom is -0.323 e. The Morgan fingerprint density at radius 3 is 2.83 bits per heavy atom. The van der Waals surface area contributed by atoms with Crippen molar-refractivity contribution >= 4 is 36.4 Å². The first-order chi connectivity index (χ1) is 10.3. The molecule has 0 aromatic carbocycles. The van der Waals surface area contributed by atoms with Gasteiger partial charge in [-0.15, -0.1) is 24.8 Å². The first-order valence-electron chi connectivity index (χ1n) is 7.22. The van der Waals surface area contributed by atoms with Crippen molar-refractivity contribution in [3.63, 3.8) is 0 Å². The maximum Gasteiger partial charge on any atom is 0.228 e. The molecule has 0 saturated carbocycles. The molecular weight excluding hydrogens is 337 g/mol. The number of pyridine rings is 1. The monoisotopic (exact) mass is 357 g/mol. The van der Waals surface area contributed by atoms with Gasteiger partial charge in [0, 0.05) is 25.1 Å². The number of halogens is 2. The van der Waals surface area contributed by atoms with E-state index >= 15 is 0 Å². The number of piperidine rings is 1. The van der Waals surface area contributed by atoms with Gasteiger partial charge in [0.15, 0.2) is 5.82 Å². The van der Waals surface area contributed by atoms with E-state index in [9.17, 15) is 4.79 Å². The Hall–Kier alpha value is -1.63. The number of hydrogen-bond acceptors (Lipinski definition) is 4. The third-order valence-electron chi connectivity index (χ3n) is 3.77. The summed E-state index contributed by atoms with van der Waals surface area (Å²) in [6, 6.07) is 3.69. The lowest BCUT2D eigenvalue weighted by Gasteiger charge is -2.22. The average Bonchev–Trinajstić information content (AvgIpc) is 2.95. The van der Waals surface area contributed by atoms with Gasteiger partial charge in [-0.05, 0) is 38.4 Å². The topological polar surface area (TPSA) is 71.8 Å². The molecule has 0 spiro atoms. The molecule has 2 N–H and O–H groups in total. The molecule has 6 nitrogen and oxygen atoms in total. The van der Waals surface area contributed by atoms with E-state index in [-0.39, 0.29) is 36.6 Å². The lowest BCUT2D eigenvalue weighted by atomic mass is 9.99. The number of rotatable bonds is 3. The number of carbonyl (C=O) groups excluding carboxylic acids is 1. The molecule has 0 aliphatic carbocycles. The minimum atomic E-state index is 0. The standard InChI is InChI=1S/C15H19N5O.2ClH/c1-11-17-8-9-20(11)14-13(5-3-7-18-14)19-15(21)12-4-2-6-16-10-12;;/h3,5,7-9,12,16H,2,4,6,10H2,1H3,(H,19,21);2*1H/t12-;;/m1../s1. The molecule has 0 radical (unpaired) electrons. The predicted octanol–water partition coefficient (Wildman–Crippen LogP) is 2.36. The van der Waals surface area contributed by atoms with E-state index in [1.807, 2.05) is 29.8 Å². The molecule has 1 aliphatic heterocycles. The minimum absolute atomic E-state index is 0. The van der Waals surface area contributed by atoms with Gasteiger partial charge in [-0.1, -0.05) is 0 Å². The number of nitrogens with one attached hydrogen (secondary N) is 2. The van der Waals surface area contributed by atoms with Gasteiger partial charge in [0.05, 0.1) is 11.6 Å². The van der Waals surface area contributed by atoms with Crippen LogP contribution in [-0.4, -0.2) is 33.5 Å². The van der Waals surface area contributed by atoms with Crippen LogP contribution in [0.2, 0.25) is 0 Å². The average molecular weight is 358 g/mol. The lowest BCUT2D eigenvalue weighted by molar-refractivity contribution is -0.120. The fraction of sp³-hybridized carbons (Fsp3) is 0.400. The summed E-state index contributed by atoms with van der Waals surface area (Å²) >= 11 is 0. The highest BCUT2D eigenvalue weighted by atomic mass is 35.5. The molecule has 8 heteroatoms. The molecule has 3 rings (SSSR count). The van der Waals surface area contributed by atoms with Crippen LogP contribution in [0.1, 0.15) is 18.7 Å². The Morgan fingerprint density at radius 1 is 1.35 bits per heavy atom. The van der Waals surface area contributed by atoms with E-state index < -0.39 is 0 Å². The van der Waals surface area contributed by atoms with Gasteiger partial charge in [-0.2, -0.15) is 0 Å². The quantitative estimate of drug-likeness (QED) is 0.884. The summed E-state index contributed by atoms with van der Waals surface area (Å²) in [6.07, 6.45) is 7.25. The molecule has 1 atom stereocenters. The molecule has 126 valence electrons. The van der Waals surface area contributed by atoms with Gasteiger partial charge < -0.3 is 10.6 Å². The molecular formula is C15H21Cl2N5O. The number of nitrogens with zero attached hydrogens (tertiary/aromatic N) is 3. The van der Waals surface area contributed by atoms with Crippen LogP contribution < -0.4 is 10.6 Å². The van der Waals surface area contributed by atoms with Crippen LogP contribution in [0.4, 0.5) is 5.69 Å². The highest BCUT2D eigenvalue weighted by Crippen LogP contribution is 2.20. The van der Waals surface area contributed by atoms with Crippen molar-refractivity contribution in [2.75, 3.05) is 18.4 Å². The summed E-state index contributed by atoms with van der Waals surface area (Å²) in [7, 11) is 0. The Bertz CT molecular complexity index is 640. The first kappa shape index (κ1) is 19.4. The maximum atomic E-state index is 12.4. The van der Waals surface area contributed by atoms with E-state index in [0.717, 1.165) is 31.8 Å². The maximum absolute atomic E-state index is 12.4. The number of carbonyl (C=O) groups is 1. The van der Waals surface area contributed by atoms with Gasteiger partial charge in [0.25, 0.3) is 0 Å². The summed E-state index contributed by atoms with van der Waals surface area (Å²) in [6.45, 7) is 3.65. The zero-order valence-electron chi connectivity index (χ0n) is 12.9. The first-order valence-corrected chi connectivity index (χ1v) is 7.22. The van der Waals surface area contributed by atoms with Crippen molar-refractivity contribution in [2.24, 2.45) is 5.92 Å². The SMILES string of the molecule is Cc1nccn1-c1ncccc1NC(=O)[C@@H]1CCCNC1.Cl.Cl. The van der Waals surface area contributed by atoms with E-state index in [1.54, 1.807) is 12.4 Å². The van der Waals surface area contributed by atoms with Gasteiger partial charge in [0.1, 0.15) is 5.82 Å². The lowest BCUT2D eigenvalue weighted by Crippen LogP contribution is -2.37. The van der Waals surface area contributed by atoms with Gasteiger partial charge >= 0.3 is 0 Å². The Balaban J connectivity index is 0.00000132. The molecule has 2 aromatic rings. The molecule has 0 unspecified atom stereocenters. The second-order valence-electron chi connectivity index (χ2n) is 5.25.